The SMILES string of the molecule is CC(C)(C)OC(=O)N1CCC(c2cccc3c2O[C@@H](c2ccc(Cl)cc2Cl)CO3)CC1. The first-order chi connectivity index (χ1) is 14.7. The van der Waals surface area contributed by atoms with E-state index >= 15 is 0 Å². The number of piperidine rings is 1. The van der Waals surface area contributed by atoms with Gasteiger partial charge in [-0.3, -0.25) is 0 Å². The highest BCUT2D eigenvalue weighted by atomic mass is 35.5. The number of benzene rings is 2. The van der Waals surface area contributed by atoms with Crippen LogP contribution in [0, 0.1) is 0 Å². The fourth-order valence-electron chi connectivity index (χ4n) is 4.05. The lowest BCUT2D eigenvalue weighted by Gasteiger charge is -2.35. The number of para-hydroxylation sites is 1. The molecular weight excluding hydrogens is 437 g/mol. The van der Waals surface area contributed by atoms with E-state index in [1.165, 1.54) is 0 Å². The molecule has 0 spiro atoms. The van der Waals surface area contributed by atoms with E-state index < -0.39 is 5.60 Å². The first-order valence-corrected chi connectivity index (χ1v) is 11.3. The van der Waals surface area contributed by atoms with Gasteiger partial charge in [0.2, 0.25) is 0 Å². The highest BCUT2D eigenvalue weighted by molar-refractivity contribution is 6.35. The molecule has 0 N–H and O–H groups in total. The summed E-state index contributed by atoms with van der Waals surface area (Å²) < 4.78 is 17.9. The number of fused-ring (bicyclic) bond motifs is 1. The van der Waals surface area contributed by atoms with Crippen LogP contribution in [-0.2, 0) is 4.74 Å². The molecule has 7 heteroatoms. The number of hydrogen-bond donors (Lipinski definition) is 0. The van der Waals surface area contributed by atoms with E-state index in [0.29, 0.717) is 29.7 Å². The van der Waals surface area contributed by atoms with Crippen LogP contribution in [-0.4, -0.2) is 36.3 Å². The maximum atomic E-state index is 12.4. The fraction of sp³-hybridized carbons (Fsp3) is 0.458. The average molecular weight is 464 g/mol. The van der Waals surface area contributed by atoms with Crippen LogP contribution in [0.1, 0.15) is 56.8 Å². The molecule has 2 heterocycles. The second kappa shape index (κ2) is 8.79. The van der Waals surface area contributed by atoms with Gasteiger partial charge in [-0.05, 0) is 57.7 Å². The smallest absolute Gasteiger partial charge is 0.410 e. The van der Waals surface area contributed by atoms with E-state index in [-0.39, 0.29) is 18.1 Å². The van der Waals surface area contributed by atoms with Gasteiger partial charge in [-0.2, -0.15) is 0 Å². The number of carbonyl (C=O) groups is 1. The van der Waals surface area contributed by atoms with Crippen molar-refractivity contribution in [2.75, 3.05) is 19.7 Å². The minimum absolute atomic E-state index is 0.252. The number of nitrogens with zero attached hydrogens (tertiary/aromatic N) is 1. The molecule has 1 fully saturated rings. The van der Waals surface area contributed by atoms with E-state index in [1.807, 2.05) is 39.0 Å². The topological polar surface area (TPSA) is 48.0 Å². The number of halogens is 2. The van der Waals surface area contributed by atoms with Crippen molar-refractivity contribution in [3.63, 3.8) is 0 Å². The van der Waals surface area contributed by atoms with Gasteiger partial charge in [-0.15, -0.1) is 0 Å². The van der Waals surface area contributed by atoms with Crippen molar-refractivity contribution in [3.05, 3.63) is 57.6 Å². The van der Waals surface area contributed by atoms with Gasteiger partial charge < -0.3 is 19.1 Å². The van der Waals surface area contributed by atoms with Crippen LogP contribution in [0.3, 0.4) is 0 Å². The molecule has 0 aromatic heterocycles. The average Bonchev–Trinajstić information content (AvgIpc) is 2.72. The van der Waals surface area contributed by atoms with Crippen LogP contribution in [0.2, 0.25) is 10.0 Å². The molecule has 1 atom stereocenters. The second-order valence-corrected chi connectivity index (χ2v) is 9.84. The summed E-state index contributed by atoms with van der Waals surface area (Å²) in [7, 11) is 0. The summed E-state index contributed by atoms with van der Waals surface area (Å²) in [6, 6.07) is 11.4. The second-order valence-electron chi connectivity index (χ2n) is 9.00. The largest absolute Gasteiger partial charge is 0.485 e. The molecule has 2 aromatic rings. The van der Waals surface area contributed by atoms with Crippen molar-refractivity contribution in [2.24, 2.45) is 0 Å². The normalized spacial score (nSPS) is 19.3. The van der Waals surface area contributed by atoms with Crippen molar-refractivity contribution < 1.29 is 19.0 Å². The molecular formula is C24H27Cl2NO4. The Hall–Kier alpha value is -2.11. The summed E-state index contributed by atoms with van der Waals surface area (Å²) in [5.74, 6) is 1.78. The van der Waals surface area contributed by atoms with Crippen molar-refractivity contribution in [1.29, 1.82) is 0 Å². The molecule has 0 unspecified atom stereocenters. The third-order valence-electron chi connectivity index (χ3n) is 5.56. The summed E-state index contributed by atoms with van der Waals surface area (Å²) in [4.78, 5) is 14.2. The molecule has 166 valence electrons. The lowest BCUT2D eigenvalue weighted by atomic mass is 9.88. The summed E-state index contributed by atoms with van der Waals surface area (Å²) >= 11 is 12.4. The van der Waals surface area contributed by atoms with Crippen LogP contribution in [0.15, 0.2) is 36.4 Å². The van der Waals surface area contributed by atoms with Gasteiger partial charge in [0.25, 0.3) is 0 Å². The Morgan fingerprint density at radius 1 is 1.10 bits per heavy atom. The minimum atomic E-state index is -0.491. The van der Waals surface area contributed by atoms with Gasteiger partial charge in [0.15, 0.2) is 17.6 Å². The first-order valence-electron chi connectivity index (χ1n) is 10.6. The van der Waals surface area contributed by atoms with Gasteiger partial charge >= 0.3 is 6.09 Å². The summed E-state index contributed by atoms with van der Waals surface area (Å²) in [6.45, 7) is 7.33. The number of hydrogen-bond acceptors (Lipinski definition) is 4. The molecule has 0 bridgehead atoms. The molecule has 2 aliphatic heterocycles. The Bertz CT molecular complexity index is 965. The van der Waals surface area contributed by atoms with Crippen LogP contribution < -0.4 is 9.47 Å². The zero-order valence-corrected chi connectivity index (χ0v) is 19.5. The van der Waals surface area contributed by atoms with E-state index in [4.69, 9.17) is 37.4 Å². The van der Waals surface area contributed by atoms with Gasteiger partial charge in [-0.1, -0.05) is 41.4 Å². The van der Waals surface area contributed by atoms with Crippen LogP contribution in [0.5, 0.6) is 11.5 Å². The molecule has 2 aromatic carbocycles. The predicted octanol–water partition coefficient (Wildman–Crippen LogP) is 6.62. The first kappa shape index (κ1) is 22.1. The van der Waals surface area contributed by atoms with Gasteiger partial charge in [0, 0.05) is 34.3 Å². The summed E-state index contributed by atoms with van der Waals surface area (Å²) in [6.07, 6.45) is 1.12. The maximum absolute atomic E-state index is 12.4. The summed E-state index contributed by atoms with van der Waals surface area (Å²) in [5.41, 5.74) is 1.47. The number of rotatable bonds is 2. The lowest BCUT2D eigenvalue weighted by molar-refractivity contribution is 0.0203. The van der Waals surface area contributed by atoms with Crippen molar-refractivity contribution in [1.82, 2.24) is 4.90 Å². The van der Waals surface area contributed by atoms with E-state index in [9.17, 15) is 4.79 Å². The molecule has 0 saturated carbocycles. The molecule has 5 nitrogen and oxygen atoms in total. The Kier molecular flexibility index (Phi) is 6.27. The Morgan fingerprint density at radius 3 is 2.52 bits per heavy atom. The predicted molar refractivity (Wildman–Crippen MR) is 122 cm³/mol. The van der Waals surface area contributed by atoms with Gasteiger partial charge in [0.1, 0.15) is 12.2 Å². The Balaban J connectivity index is 1.49. The molecule has 0 aliphatic carbocycles. The van der Waals surface area contributed by atoms with Crippen molar-refractivity contribution >= 4 is 29.3 Å². The van der Waals surface area contributed by atoms with E-state index in [1.54, 1.807) is 17.0 Å². The maximum Gasteiger partial charge on any atom is 0.410 e. The van der Waals surface area contributed by atoms with Crippen LogP contribution >= 0.6 is 23.2 Å². The Morgan fingerprint density at radius 2 is 1.84 bits per heavy atom. The van der Waals surface area contributed by atoms with Crippen molar-refractivity contribution in [2.45, 2.75) is 51.2 Å². The zero-order chi connectivity index (χ0) is 22.2. The number of likely N-dealkylation sites (tertiary alicyclic amines) is 1. The van der Waals surface area contributed by atoms with Crippen molar-refractivity contribution in [3.8, 4) is 11.5 Å². The van der Waals surface area contributed by atoms with Gasteiger partial charge in [-0.25, -0.2) is 4.79 Å². The molecule has 2 aliphatic rings. The molecule has 1 amide bonds. The van der Waals surface area contributed by atoms with Crippen LogP contribution in [0.4, 0.5) is 4.79 Å². The zero-order valence-electron chi connectivity index (χ0n) is 18.0. The molecule has 31 heavy (non-hydrogen) atoms. The standard InChI is InChI=1S/C24H27Cl2NO4/c1-24(2,3)31-23(28)27-11-9-15(10-12-27)17-5-4-6-20-22(17)30-21(14-29-20)18-8-7-16(25)13-19(18)26/h4-8,13,15,21H,9-12,14H2,1-3H3/t21-/m1/s1. The highest BCUT2D eigenvalue weighted by Gasteiger charge is 2.32. The van der Waals surface area contributed by atoms with E-state index in [2.05, 4.69) is 6.07 Å². The third kappa shape index (κ3) is 5.04. The fourth-order valence-corrected chi connectivity index (χ4v) is 4.58. The number of carbonyl (C=O) groups excluding carboxylic acids is 1. The quantitative estimate of drug-likeness (QED) is 0.501. The summed E-state index contributed by atoms with van der Waals surface area (Å²) in [5, 5.41) is 1.15. The molecule has 1 saturated heterocycles. The molecule has 0 radical (unpaired) electrons. The highest BCUT2D eigenvalue weighted by Crippen LogP contribution is 2.45. The number of ether oxygens (including phenoxy) is 3. The Labute approximate surface area is 193 Å². The van der Waals surface area contributed by atoms with E-state index in [0.717, 1.165) is 35.5 Å². The lowest BCUT2D eigenvalue weighted by Crippen LogP contribution is -2.41. The monoisotopic (exact) mass is 463 g/mol. The third-order valence-corrected chi connectivity index (χ3v) is 6.12. The molecule has 4 rings (SSSR count). The van der Waals surface area contributed by atoms with Gasteiger partial charge in [0.05, 0.1) is 0 Å². The van der Waals surface area contributed by atoms with Crippen LogP contribution in [0.25, 0.3) is 0 Å². The number of amides is 1. The minimum Gasteiger partial charge on any atom is -0.485 e.